The van der Waals surface area contributed by atoms with Crippen molar-refractivity contribution in [3.63, 3.8) is 0 Å². The van der Waals surface area contributed by atoms with Crippen LogP contribution in [-0.2, 0) is 37.9 Å². The Bertz CT molecular complexity index is 3640. The van der Waals surface area contributed by atoms with E-state index in [9.17, 15) is 0 Å². The zero-order chi connectivity index (χ0) is 54.7. The molecule has 0 spiro atoms. The van der Waals surface area contributed by atoms with Crippen molar-refractivity contribution in [2.24, 2.45) is 0 Å². The van der Waals surface area contributed by atoms with Crippen molar-refractivity contribution in [1.29, 1.82) is 0 Å². The van der Waals surface area contributed by atoms with Crippen molar-refractivity contribution < 1.29 is 0 Å². The molecule has 3 heterocycles. The van der Waals surface area contributed by atoms with Crippen LogP contribution in [0.3, 0.4) is 0 Å². The lowest BCUT2D eigenvalue weighted by molar-refractivity contribution is 0.332. The molecule has 3 nitrogen and oxygen atoms in total. The fourth-order valence-electron chi connectivity index (χ4n) is 13.6. The lowest BCUT2D eigenvalue weighted by atomic mass is 9.35. The maximum absolute atomic E-state index is 2.73. The molecule has 0 saturated heterocycles. The molecule has 12 rings (SSSR count). The number of benzene rings is 7. The number of para-hydroxylation sites is 1. The van der Waals surface area contributed by atoms with E-state index >= 15 is 0 Å². The molecule has 4 aliphatic rings. The minimum absolute atomic E-state index is 0.00808. The molecule has 2 aliphatic heterocycles. The van der Waals surface area contributed by atoms with E-state index in [1.165, 1.54) is 105 Å². The van der Waals surface area contributed by atoms with Gasteiger partial charge >= 0.3 is 0 Å². The highest BCUT2D eigenvalue weighted by Gasteiger charge is 2.49. The fourth-order valence-corrected chi connectivity index (χ4v) is 14.9. The number of rotatable bonds is 5. The molecule has 0 bridgehead atoms. The van der Waals surface area contributed by atoms with Crippen LogP contribution in [-0.4, -0.2) is 6.71 Å². The van der Waals surface area contributed by atoms with Crippen LogP contribution in [0.2, 0.25) is 0 Å². The van der Waals surface area contributed by atoms with Gasteiger partial charge in [0.05, 0.1) is 11.4 Å². The van der Waals surface area contributed by atoms with E-state index in [0.717, 1.165) is 36.3 Å². The third-order valence-electron chi connectivity index (χ3n) is 18.8. The molecule has 0 radical (unpaired) electrons. The van der Waals surface area contributed by atoms with E-state index in [4.69, 9.17) is 0 Å². The maximum atomic E-state index is 2.73. The molecule has 1 aromatic heterocycles. The molecule has 77 heavy (non-hydrogen) atoms. The van der Waals surface area contributed by atoms with Crippen molar-refractivity contribution in [2.75, 3.05) is 14.7 Å². The average molecular weight is 1030 g/mol. The van der Waals surface area contributed by atoms with Crippen LogP contribution in [0.1, 0.15) is 182 Å². The van der Waals surface area contributed by atoms with Gasteiger partial charge in [-0.25, -0.2) is 0 Å². The van der Waals surface area contributed by atoms with Crippen molar-refractivity contribution in [3.05, 3.63) is 178 Å². The van der Waals surface area contributed by atoms with Gasteiger partial charge in [0.25, 0.3) is 6.71 Å². The third-order valence-corrected chi connectivity index (χ3v) is 20.1. The highest BCUT2D eigenvalue weighted by molar-refractivity contribution is 7.33. The Kier molecular flexibility index (Phi) is 11.6. The zero-order valence-electron chi connectivity index (χ0n) is 49.4. The van der Waals surface area contributed by atoms with Gasteiger partial charge in [0, 0.05) is 54.7 Å². The Labute approximate surface area is 466 Å². The summed E-state index contributed by atoms with van der Waals surface area (Å²) in [4.78, 5) is 7.93. The van der Waals surface area contributed by atoms with Gasteiger partial charge in [-0.3, -0.25) is 0 Å². The van der Waals surface area contributed by atoms with Gasteiger partial charge in [0.1, 0.15) is 0 Å². The van der Waals surface area contributed by atoms with Crippen LogP contribution in [0, 0.1) is 0 Å². The molecule has 0 unspecified atom stereocenters. The monoisotopic (exact) mass is 1030 g/mol. The molecular formula is C72H82BN3S. The lowest BCUT2D eigenvalue weighted by Crippen LogP contribution is -2.61. The first-order valence-electron chi connectivity index (χ1n) is 28.8. The normalized spacial score (nSPS) is 17.8. The molecule has 7 aromatic carbocycles. The summed E-state index contributed by atoms with van der Waals surface area (Å²) in [5, 5.41) is 1.33. The smallest absolute Gasteiger partial charge is 0.264 e. The number of thiophene rings is 1. The molecule has 5 heteroatoms. The molecule has 394 valence electrons. The molecule has 2 aliphatic carbocycles. The fraction of sp³-hybridized carbons (Fsp3) is 0.389. The summed E-state index contributed by atoms with van der Waals surface area (Å²) in [7, 11) is 0. The summed E-state index contributed by atoms with van der Waals surface area (Å²) in [6, 6.07) is 55.5. The molecule has 8 aromatic rings. The van der Waals surface area contributed by atoms with Crippen LogP contribution in [0.25, 0.3) is 10.1 Å². The van der Waals surface area contributed by atoms with Crippen molar-refractivity contribution >= 4 is 95.0 Å². The van der Waals surface area contributed by atoms with Gasteiger partial charge in [0.15, 0.2) is 0 Å². The van der Waals surface area contributed by atoms with Crippen LogP contribution < -0.4 is 30.4 Å². The maximum Gasteiger partial charge on any atom is 0.264 e. The molecule has 0 N–H and O–H groups in total. The second kappa shape index (κ2) is 17.2. The predicted molar refractivity (Wildman–Crippen MR) is 337 cm³/mol. The zero-order valence-corrected chi connectivity index (χ0v) is 50.3. The first-order valence-corrected chi connectivity index (χ1v) is 29.6. The summed E-state index contributed by atoms with van der Waals surface area (Å²) in [5.74, 6) is 0. The van der Waals surface area contributed by atoms with Gasteiger partial charge in [-0.1, -0.05) is 178 Å². The summed E-state index contributed by atoms with van der Waals surface area (Å²) in [6.07, 6.45) is 4.66. The topological polar surface area (TPSA) is 9.72 Å². The minimum atomic E-state index is -0.0259. The first-order chi connectivity index (χ1) is 36.0. The quantitative estimate of drug-likeness (QED) is 0.159. The van der Waals surface area contributed by atoms with Crippen molar-refractivity contribution in [1.82, 2.24) is 0 Å². The van der Waals surface area contributed by atoms with E-state index in [-0.39, 0.29) is 44.6 Å². The van der Waals surface area contributed by atoms with E-state index in [1.807, 2.05) is 11.3 Å². The van der Waals surface area contributed by atoms with Crippen LogP contribution in [0.5, 0.6) is 0 Å². The second-order valence-corrected chi connectivity index (χ2v) is 30.3. The number of hydrogen-bond acceptors (Lipinski definition) is 4. The van der Waals surface area contributed by atoms with E-state index in [1.54, 1.807) is 0 Å². The summed E-state index contributed by atoms with van der Waals surface area (Å²) in [5.41, 5.74) is 23.9. The van der Waals surface area contributed by atoms with Crippen LogP contribution >= 0.6 is 11.3 Å². The van der Waals surface area contributed by atoms with Crippen molar-refractivity contribution in [2.45, 2.75) is 181 Å². The summed E-state index contributed by atoms with van der Waals surface area (Å²) < 4.78 is 2.76. The van der Waals surface area contributed by atoms with E-state index in [2.05, 4.69) is 272 Å². The Morgan fingerprint density at radius 1 is 0.429 bits per heavy atom. The van der Waals surface area contributed by atoms with Crippen molar-refractivity contribution in [3.8, 4) is 0 Å². The van der Waals surface area contributed by atoms with Crippen LogP contribution in [0.4, 0.5) is 51.2 Å². The van der Waals surface area contributed by atoms with Crippen LogP contribution in [0.15, 0.2) is 140 Å². The molecular weight excluding hydrogens is 950 g/mol. The number of hydrogen-bond donors (Lipinski definition) is 0. The van der Waals surface area contributed by atoms with Gasteiger partial charge < -0.3 is 14.7 Å². The number of anilines is 9. The van der Waals surface area contributed by atoms with Gasteiger partial charge in [0.2, 0.25) is 0 Å². The second-order valence-electron chi connectivity index (χ2n) is 29.3. The Morgan fingerprint density at radius 2 is 0.909 bits per heavy atom. The van der Waals surface area contributed by atoms with E-state index < -0.39 is 0 Å². The summed E-state index contributed by atoms with van der Waals surface area (Å²) in [6.45, 7) is 40.9. The molecule has 0 amide bonds. The Hall–Kier alpha value is -6.04. The molecule has 0 fully saturated rings. The highest BCUT2D eigenvalue weighted by atomic mass is 32.1. The van der Waals surface area contributed by atoms with Gasteiger partial charge in [-0.2, -0.15) is 0 Å². The first kappa shape index (κ1) is 51.7. The van der Waals surface area contributed by atoms with E-state index in [0.29, 0.717) is 0 Å². The van der Waals surface area contributed by atoms with Gasteiger partial charge in [-0.15, -0.1) is 11.3 Å². The SMILES string of the molecule is CC(C)(C)c1ccc(N(c2ccccc2)c2cc3c4c(c2)N(c2ccc(C(C)(C)C)cc2)c2c(sc5ccc(C(C)(C)C)cc25)B4c2cc4c(cc2N3c2ccc3c(c2)C(C)(C)CCC3(C)C)C(C)(C)CCC4(C)C)cc1. The average Bonchev–Trinajstić information content (AvgIpc) is 3.82. The van der Waals surface area contributed by atoms with Gasteiger partial charge in [-0.05, 0) is 192 Å². The third kappa shape index (κ3) is 8.42. The highest BCUT2D eigenvalue weighted by Crippen LogP contribution is 2.55. The summed E-state index contributed by atoms with van der Waals surface area (Å²) >= 11 is 2.02. The Balaban J connectivity index is 1.25. The standard InChI is InChI=1S/C72H82BN3S/c1-66(2,3)45-23-28-49(29-24-45)74(48-21-19-18-20-22-48)52-41-60-63-61(42-52)76(50-30-25-46(26-31-50)67(4,5)6)64-53-39-47(68(7,8)9)27-34-62(53)77-65(64)73(63)58-43-56-57(72(16,17)38-37-71(56,14)15)44-59(58)75(60)51-32-33-54-55(40-51)70(12,13)36-35-69(54,10)11/h18-34,39-44H,35-38H2,1-17H3. The Morgan fingerprint density at radius 3 is 1.48 bits per heavy atom. The minimum Gasteiger partial charge on any atom is -0.311 e. The number of fused-ring (bicyclic) bond motifs is 8. The largest absolute Gasteiger partial charge is 0.311 e. The molecule has 0 saturated carbocycles. The molecule has 0 atom stereocenters. The number of nitrogens with zero attached hydrogens (tertiary/aromatic N) is 3. The predicted octanol–water partition coefficient (Wildman–Crippen LogP) is 19.0. The lowest BCUT2D eigenvalue weighted by Gasteiger charge is -2.48.